The lowest BCUT2D eigenvalue weighted by Gasteiger charge is -2.24. The summed E-state index contributed by atoms with van der Waals surface area (Å²) in [6.07, 6.45) is 24.5. The number of aliphatic hydroxyl groups is 1. The Bertz CT molecular complexity index is 288. The zero-order valence-electron chi connectivity index (χ0n) is 16.2. The first-order valence-corrected chi connectivity index (χ1v) is 10.8. The van der Waals surface area contributed by atoms with Crippen LogP contribution in [0, 0.1) is 0 Å². The predicted molar refractivity (Wildman–Crippen MR) is 104 cm³/mol. The molecule has 0 unspecified atom stereocenters. The first-order valence-electron chi connectivity index (χ1n) is 10.8. The molecule has 0 saturated heterocycles. The monoisotopic (exact) mass is 338 g/mol. The van der Waals surface area contributed by atoms with Crippen molar-refractivity contribution in [1.29, 1.82) is 0 Å². The van der Waals surface area contributed by atoms with Crippen molar-refractivity contribution in [3.63, 3.8) is 0 Å². The van der Waals surface area contributed by atoms with Crippen LogP contribution in [0.1, 0.15) is 110 Å². The Balaban J connectivity index is 1.85. The van der Waals surface area contributed by atoms with Gasteiger partial charge in [0.1, 0.15) is 0 Å². The molecule has 0 aromatic rings. The van der Waals surface area contributed by atoms with Crippen LogP contribution in [0.4, 0.5) is 0 Å². The molecule has 0 bridgehead atoms. The van der Waals surface area contributed by atoms with Crippen LogP contribution in [0.2, 0.25) is 0 Å². The third kappa shape index (κ3) is 12.1. The first-order chi connectivity index (χ1) is 11.9. The largest absolute Gasteiger partial charge is 0.394 e. The van der Waals surface area contributed by atoms with Crippen molar-refractivity contribution in [3.8, 4) is 0 Å². The van der Waals surface area contributed by atoms with Gasteiger partial charge in [0.25, 0.3) is 0 Å². The van der Waals surface area contributed by atoms with Gasteiger partial charge in [0.15, 0.2) is 0 Å². The van der Waals surface area contributed by atoms with E-state index in [0.717, 1.165) is 12.8 Å². The lowest BCUT2D eigenvalue weighted by molar-refractivity contribution is 0.0145. The van der Waals surface area contributed by atoms with Gasteiger partial charge in [-0.1, -0.05) is 82.8 Å². The fraction of sp³-hybridized carbons (Fsp3) is 0.909. The third-order valence-electron chi connectivity index (χ3n) is 5.26. The molecule has 1 fully saturated rings. The quantitative estimate of drug-likeness (QED) is 0.270. The lowest BCUT2D eigenvalue weighted by atomic mass is 9.91. The molecule has 0 aliphatic heterocycles. The van der Waals surface area contributed by atoms with E-state index in [1.165, 1.54) is 89.9 Å². The molecule has 1 aliphatic rings. The maximum atomic E-state index is 8.79. The van der Waals surface area contributed by atoms with Gasteiger partial charge in [-0.3, -0.25) is 0 Å². The first kappa shape index (κ1) is 21.7. The second-order valence-electron chi connectivity index (χ2n) is 7.48. The van der Waals surface area contributed by atoms with E-state index in [1.54, 1.807) is 5.57 Å². The second kappa shape index (κ2) is 16.1. The molecule has 0 aromatic heterocycles. The van der Waals surface area contributed by atoms with Crippen molar-refractivity contribution < 1.29 is 9.84 Å². The normalized spacial score (nSPS) is 18.1. The van der Waals surface area contributed by atoms with Gasteiger partial charge in [0.05, 0.1) is 19.3 Å². The van der Waals surface area contributed by atoms with Crippen LogP contribution >= 0.6 is 0 Å². The van der Waals surface area contributed by atoms with Crippen molar-refractivity contribution in [2.24, 2.45) is 0 Å². The number of ether oxygens (including phenoxy) is 1. The van der Waals surface area contributed by atoms with E-state index in [0.29, 0.717) is 12.7 Å². The average molecular weight is 339 g/mol. The number of hydrogen-bond donors (Lipinski definition) is 1. The molecule has 1 N–H and O–H groups in total. The zero-order chi connectivity index (χ0) is 17.3. The molecule has 1 rings (SSSR count). The Labute approximate surface area is 151 Å². The number of allylic oxidation sites excluding steroid dienone is 2. The third-order valence-corrected chi connectivity index (χ3v) is 5.26. The zero-order valence-corrected chi connectivity index (χ0v) is 16.2. The van der Waals surface area contributed by atoms with Crippen molar-refractivity contribution in [3.05, 3.63) is 11.6 Å². The Hall–Kier alpha value is -0.340. The van der Waals surface area contributed by atoms with E-state index in [2.05, 4.69) is 13.0 Å². The molecule has 0 aromatic carbocycles. The molecule has 2 nitrogen and oxygen atoms in total. The highest BCUT2D eigenvalue weighted by molar-refractivity contribution is 5.05. The van der Waals surface area contributed by atoms with Crippen LogP contribution < -0.4 is 0 Å². The van der Waals surface area contributed by atoms with Crippen LogP contribution in [0.15, 0.2) is 11.6 Å². The predicted octanol–water partition coefficient (Wildman–Crippen LogP) is 6.57. The average Bonchev–Trinajstić information content (AvgIpc) is 2.62. The van der Waals surface area contributed by atoms with E-state index in [1.807, 2.05) is 0 Å². The fourth-order valence-electron chi connectivity index (χ4n) is 3.67. The molecule has 0 atom stereocenters. The minimum Gasteiger partial charge on any atom is -0.394 e. The van der Waals surface area contributed by atoms with Gasteiger partial charge in [-0.15, -0.1) is 0 Å². The molecule has 0 amide bonds. The van der Waals surface area contributed by atoms with Gasteiger partial charge in [-0.05, 0) is 38.5 Å². The minimum atomic E-state index is 0.151. The van der Waals surface area contributed by atoms with Crippen LogP contribution in [0.5, 0.6) is 0 Å². The van der Waals surface area contributed by atoms with Crippen molar-refractivity contribution in [2.45, 2.75) is 116 Å². The molecule has 1 aliphatic carbocycles. The summed E-state index contributed by atoms with van der Waals surface area (Å²) < 4.78 is 5.62. The van der Waals surface area contributed by atoms with Gasteiger partial charge in [-0.25, -0.2) is 0 Å². The van der Waals surface area contributed by atoms with Crippen LogP contribution in [-0.2, 0) is 4.74 Å². The molecule has 0 heterocycles. The van der Waals surface area contributed by atoms with Crippen molar-refractivity contribution in [2.75, 3.05) is 13.2 Å². The van der Waals surface area contributed by atoms with Crippen molar-refractivity contribution in [1.82, 2.24) is 0 Å². The van der Waals surface area contributed by atoms with Crippen molar-refractivity contribution >= 4 is 0 Å². The summed E-state index contributed by atoms with van der Waals surface area (Å²) in [4.78, 5) is 0. The number of unbranched alkanes of at least 4 members (excludes halogenated alkanes) is 11. The van der Waals surface area contributed by atoms with E-state index in [9.17, 15) is 0 Å². The Kier molecular flexibility index (Phi) is 14.6. The maximum absolute atomic E-state index is 8.79. The van der Waals surface area contributed by atoms with Gasteiger partial charge in [0.2, 0.25) is 0 Å². The van der Waals surface area contributed by atoms with E-state index in [-0.39, 0.29) is 6.61 Å². The highest BCUT2D eigenvalue weighted by Gasteiger charge is 2.16. The topological polar surface area (TPSA) is 29.5 Å². The van der Waals surface area contributed by atoms with Gasteiger partial charge in [-0.2, -0.15) is 0 Å². The molecule has 0 spiro atoms. The molecule has 2 heteroatoms. The maximum Gasteiger partial charge on any atom is 0.0701 e. The highest BCUT2D eigenvalue weighted by atomic mass is 16.5. The Morgan fingerprint density at radius 3 is 1.96 bits per heavy atom. The Morgan fingerprint density at radius 2 is 1.42 bits per heavy atom. The fourth-order valence-corrected chi connectivity index (χ4v) is 3.67. The second-order valence-corrected chi connectivity index (χ2v) is 7.48. The standard InChI is InChI=1S/C22H42O2/c1-2-3-4-5-6-7-8-9-10-11-12-13-14-21-15-17-22(18-16-21)24-20-19-23/h14,22-23H,2-13,15-20H2,1H3. The summed E-state index contributed by atoms with van der Waals surface area (Å²) in [5, 5.41) is 8.79. The summed E-state index contributed by atoms with van der Waals surface area (Å²) >= 11 is 0. The lowest BCUT2D eigenvalue weighted by Crippen LogP contribution is -2.19. The molecular formula is C22H42O2. The highest BCUT2D eigenvalue weighted by Crippen LogP contribution is 2.26. The number of hydrogen-bond acceptors (Lipinski definition) is 2. The van der Waals surface area contributed by atoms with Crippen LogP contribution in [0.25, 0.3) is 0 Å². The molecule has 142 valence electrons. The SMILES string of the molecule is CCCCCCCCCCCCCC=C1CCC(OCCO)CC1. The summed E-state index contributed by atoms with van der Waals surface area (Å²) in [5.41, 5.74) is 1.64. The van der Waals surface area contributed by atoms with Crippen LogP contribution in [-0.4, -0.2) is 24.4 Å². The summed E-state index contributed by atoms with van der Waals surface area (Å²) in [6.45, 7) is 2.94. The van der Waals surface area contributed by atoms with E-state index in [4.69, 9.17) is 9.84 Å². The van der Waals surface area contributed by atoms with E-state index < -0.39 is 0 Å². The van der Waals surface area contributed by atoms with Gasteiger partial charge < -0.3 is 9.84 Å². The number of rotatable bonds is 15. The molecular weight excluding hydrogens is 296 g/mol. The molecule has 24 heavy (non-hydrogen) atoms. The summed E-state index contributed by atoms with van der Waals surface area (Å²) in [7, 11) is 0. The van der Waals surface area contributed by atoms with E-state index >= 15 is 0 Å². The summed E-state index contributed by atoms with van der Waals surface area (Å²) in [6, 6.07) is 0. The smallest absolute Gasteiger partial charge is 0.0701 e. The number of aliphatic hydroxyl groups excluding tert-OH is 1. The Morgan fingerprint density at radius 1 is 0.875 bits per heavy atom. The molecule has 1 saturated carbocycles. The molecule has 0 radical (unpaired) electrons. The minimum absolute atomic E-state index is 0.151. The van der Waals surface area contributed by atoms with Gasteiger partial charge >= 0.3 is 0 Å². The van der Waals surface area contributed by atoms with Crippen LogP contribution in [0.3, 0.4) is 0 Å². The summed E-state index contributed by atoms with van der Waals surface area (Å²) in [5.74, 6) is 0. The van der Waals surface area contributed by atoms with Gasteiger partial charge in [0, 0.05) is 0 Å².